The Morgan fingerprint density at radius 1 is 0.659 bits per heavy atom. The number of nitrogens with one attached hydrogen (secondary N) is 3. The second kappa shape index (κ2) is 26.5. The number of benzene rings is 7. The van der Waals surface area contributed by atoms with E-state index < -0.39 is 64.6 Å². The third-order valence-electron chi connectivity index (χ3n) is 15.3. The minimum Gasteiger partial charge on any atom is -0.448 e. The maximum absolute atomic E-state index is 15.2. The zero-order valence-electron chi connectivity index (χ0n) is 48.4. The van der Waals surface area contributed by atoms with Crippen LogP contribution in [0.25, 0.3) is 5.78 Å². The maximum atomic E-state index is 15.2. The van der Waals surface area contributed by atoms with E-state index in [2.05, 4.69) is 35.8 Å². The molecule has 3 N–H and O–H groups in total. The van der Waals surface area contributed by atoms with Crippen LogP contribution in [0, 0.1) is 6.92 Å². The van der Waals surface area contributed by atoms with Crippen LogP contribution in [0.3, 0.4) is 0 Å². The summed E-state index contributed by atoms with van der Waals surface area (Å²) in [4.78, 5) is 96.2. The molecule has 0 spiro atoms. The van der Waals surface area contributed by atoms with Crippen LogP contribution in [0.2, 0.25) is 0 Å². The summed E-state index contributed by atoms with van der Waals surface area (Å²) in [5.41, 5.74) is 5.53. The van der Waals surface area contributed by atoms with Gasteiger partial charge < -0.3 is 29.9 Å². The Morgan fingerprint density at radius 2 is 1.18 bits per heavy atom. The van der Waals surface area contributed by atoms with Crippen molar-refractivity contribution >= 4 is 81.2 Å². The summed E-state index contributed by atoms with van der Waals surface area (Å²) in [6.45, 7) is 1.79. The van der Waals surface area contributed by atoms with Crippen molar-refractivity contribution in [1.82, 2.24) is 39.8 Å². The number of nitrogens with zero attached hydrogens (tertiary/aromatic N) is 7. The van der Waals surface area contributed by atoms with Gasteiger partial charge in [-0.2, -0.15) is 9.50 Å². The predicted octanol–water partition coefficient (Wildman–Crippen LogP) is 11.9. The Labute approximate surface area is 534 Å². The Hall–Kier alpha value is -10.7. The third-order valence-corrected chi connectivity index (χ3v) is 18.5. The summed E-state index contributed by atoms with van der Waals surface area (Å²) in [5, 5.41) is 17.1. The van der Waals surface area contributed by atoms with Crippen LogP contribution < -0.4 is 10.6 Å². The van der Waals surface area contributed by atoms with Gasteiger partial charge >= 0.3 is 17.9 Å². The zero-order chi connectivity index (χ0) is 62.3. The van der Waals surface area contributed by atoms with Gasteiger partial charge in [-0.1, -0.05) is 217 Å². The van der Waals surface area contributed by atoms with Gasteiger partial charge in [0.25, 0.3) is 23.4 Å². The number of H-pyrrole nitrogens is 1. The first-order valence-electron chi connectivity index (χ1n) is 28.9. The molecule has 2 atom stereocenters. The first kappa shape index (κ1) is 59.2. The largest absolute Gasteiger partial charge is 0.448 e. The number of aromatic nitrogens is 6. The van der Waals surface area contributed by atoms with E-state index in [-0.39, 0.29) is 40.2 Å². The molecule has 7 aromatic carbocycles. The predicted molar refractivity (Wildman–Crippen MR) is 347 cm³/mol. The minimum absolute atomic E-state index is 0.00377. The Morgan fingerprint density at radius 3 is 1.69 bits per heavy atom. The molecular weight excluding hydrogens is 1210 g/mol. The number of aryl methyl sites for hydroxylation is 1. The molecule has 6 heterocycles. The lowest BCUT2D eigenvalue weighted by atomic mass is 9.77. The number of aromatic amines is 1. The molecule has 13 rings (SSSR count). The highest BCUT2D eigenvalue weighted by atomic mass is 32.2. The topological polar surface area (TPSA) is 224 Å². The van der Waals surface area contributed by atoms with E-state index >= 15 is 9.59 Å². The van der Waals surface area contributed by atoms with E-state index in [1.54, 1.807) is 30.6 Å². The highest BCUT2D eigenvalue weighted by molar-refractivity contribution is 8.01. The molecule has 2 aliphatic rings. The van der Waals surface area contributed by atoms with Gasteiger partial charge in [-0.05, 0) is 69.6 Å². The first-order valence-corrected chi connectivity index (χ1v) is 31.8. The molecule has 2 amide bonds. The summed E-state index contributed by atoms with van der Waals surface area (Å²) in [6.07, 6.45) is -0.0781. The normalized spacial score (nSPS) is 14.8. The van der Waals surface area contributed by atoms with Gasteiger partial charge in [0.05, 0.1) is 0 Å². The Kier molecular flexibility index (Phi) is 17.3. The standard InChI is InChI=1S/C70H54N10O8S3/c1-44-40-55(80-68(72-44)75-61(77-80)67(85)87-60(47-28-13-4-14-29-47)48-30-15-5-16-31-48)89-41-49-42-90-64-57(63(82)79(64)58(49)66(84)86-59(45-24-9-2-10-25-45)46-26-11-3-12-27-46)74-62(81)56(78-88-65(83)53-38-23-39-71-53)54-43-91-69(73-54)76-70(50-32-17-6-18-33-50,51-34-19-7-20-35-51)52-36-21-8-22-37-52/h2-40,43,57,59-60,64,71H,41-42H2,1H3,(H,73,76)(H,74,81)/b78-56-/t57-,64-/m1/s1. The number of carbonyl (C=O) groups is 5. The van der Waals surface area contributed by atoms with Gasteiger partial charge in [0.15, 0.2) is 23.1 Å². The van der Waals surface area contributed by atoms with Crippen LogP contribution >= 0.6 is 34.9 Å². The Bertz CT molecular complexity index is 4310. The van der Waals surface area contributed by atoms with E-state index in [1.807, 2.05) is 212 Å². The highest BCUT2D eigenvalue weighted by Gasteiger charge is 2.55. The summed E-state index contributed by atoms with van der Waals surface area (Å²) in [5.74, 6) is -3.61. The van der Waals surface area contributed by atoms with E-state index in [0.717, 1.165) is 27.8 Å². The molecule has 1 fully saturated rings. The van der Waals surface area contributed by atoms with Crippen LogP contribution in [0.1, 0.15) is 83.6 Å². The van der Waals surface area contributed by atoms with Gasteiger partial charge in [0.2, 0.25) is 0 Å². The molecule has 450 valence electrons. The molecular formula is C70H54N10O8S3. The van der Waals surface area contributed by atoms with Crippen molar-refractivity contribution < 1.29 is 38.3 Å². The monoisotopic (exact) mass is 1260 g/mol. The quantitative estimate of drug-likeness (QED) is 0.00889. The fraction of sp³-hybridized carbons (Fsp3) is 0.114. The van der Waals surface area contributed by atoms with Crippen molar-refractivity contribution in [3.05, 3.63) is 315 Å². The number of thiazole rings is 1. The molecule has 0 aliphatic carbocycles. The van der Waals surface area contributed by atoms with Gasteiger partial charge in [-0.15, -0.1) is 40.0 Å². The minimum atomic E-state index is -1.20. The average Bonchev–Trinajstić information content (AvgIpc) is 1.25. The number of anilines is 1. The number of rotatable bonds is 21. The average molecular weight is 1260 g/mol. The summed E-state index contributed by atoms with van der Waals surface area (Å²) >= 11 is 3.84. The van der Waals surface area contributed by atoms with Crippen molar-refractivity contribution in [3.8, 4) is 0 Å². The number of hydrogen-bond acceptors (Lipinski definition) is 17. The van der Waals surface area contributed by atoms with E-state index in [4.69, 9.17) is 19.3 Å². The van der Waals surface area contributed by atoms with Crippen LogP contribution in [0.5, 0.6) is 0 Å². The number of esters is 2. The van der Waals surface area contributed by atoms with Gasteiger partial charge in [-0.3, -0.25) is 14.5 Å². The van der Waals surface area contributed by atoms with Crippen molar-refractivity contribution in [2.24, 2.45) is 5.16 Å². The summed E-state index contributed by atoms with van der Waals surface area (Å²) < 4.78 is 14.1. The number of oxime groups is 1. The number of β-lactam (4-membered cyclic amide) rings is 1. The smallest absolute Gasteiger partial charge is 0.381 e. The van der Waals surface area contributed by atoms with Crippen LogP contribution in [-0.2, 0) is 34.2 Å². The molecule has 11 aromatic rings. The first-order chi connectivity index (χ1) is 44.6. The summed E-state index contributed by atoms with van der Waals surface area (Å²) in [6, 6.07) is 70.9. The molecule has 0 bridgehead atoms. The number of carbonyl (C=O) groups excluding carboxylic acids is 5. The third kappa shape index (κ3) is 12.4. The maximum Gasteiger partial charge on any atom is 0.381 e. The van der Waals surface area contributed by atoms with Gasteiger partial charge in [0.1, 0.15) is 39.1 Å². The molecule has 91 heavy (non-hydrogen) atoms. The van der Waals surface area contributed by atoms with E-state index in [1.165, 1.54) is 50.3 Å². The molecule has 0 saturated carbocycles. The lowest BCUT2D eigenvalue weighted by Crippen LogP contribution is -2.71. The number of hydrogen-bond donors (Lipinski definition) is 3. The van der Waals surface area contributed by atoms with Crippen LogP contribution in [0.4, 0.5) is 5.13 Å². The van der Waals surface area contributed by atoms with Gasteiger partial charge in [0, 0.05) is 28.8 Å². The number of amides is 2. The SMILES string of the molecule is Cc1cc(SCC2=C(C(=O)OC(c3ccccc3)c3ccccc3)N3C(=O)[C@@H](NC(=O)/C(=N\OC(=O)c4ccc[nH]4)c4csc(NC(c5ccccc5)(c5ccccc5)c5ccccc5)n4)[C@H]3SC2)n2nc(C(=O)OC(c3ccccc3)c3ccccc3)nc2n1. The van der Waals surface area contributed by atoms with Crippen LogP contribution in [-0.4, -0.2) is 92.8 Å². The second-order valence-electron chi connectivity index (χ2n) is 21.1. The van der Waals surface area contributed by atoms with Crippen molar-refractivity contribution in [2.45, 2.75) is 41.1 Å². The lowest BCUT2D eigenvalue weighted by molar-refractivity contribution is -0.154. The Balaban J connectivity index is 0.810. The molecule has 21 heteroatoms. The molecule has 4 aromatic heterocycles. The number of ether oxygens (including phenoxy) is 2. The molecule has 1 saturated heterocycles. The second-order valence-corrected chi connectivity index (χ2v) is 24.1. The van der Waals surface area contributed by atoms with Crippen LogP contribution in [0.15, 0.2) is 264 Å². The van der Waals surface area contributed by atoms with E-state index in [9.17, 15) is 14.4 Å². The number of thioether (sulfide) groups is 2. The zero-order valence-corrected chi connectivity index (χ0v) is 50.9. The van der Waals surface area contributed by atoms with Gasteiger partial charge in [-0.25, -0.2) is 24.4 Å². The fourth-order valence-electron chi connectivity index (χ4n) is 11.0. The highest BCUT2D eigenvalue weighted by Crippen LogP contribution is 2.44. The van der Waals surface area contributed by atoms with Crippen molar-refractivity contribution in [3.63, 3.8) is 0 Å². The van der Waals surface area contributed by atoms with Crippen molar-refractivity contribution in [1.29, 1.82) is 0 Å². The molecule has 0 radical (unpaired) electrons. The molecule has 0 unspecified atom stereocenters. The molecule has 2 aliphatic heterocycles. The number of fused-ring (bicyclic) bond motifs is 2. The van der Waals surface area contributed by atoms with Crippen molar-refractivity contribution in [2.75, 3.05) is 16.8 Å². The summed E-state index contributed by atoms with van der Waals surface area (Å²) in [7, 11) is 0. The fourth-order valence-corrected chi connectivity index (χ4v) is 14.3. The lowest BCUT2D eigenvalue weighted by Gasteiger charge is -2.49. The van der Waals surface area contributed by atoms with E-state index in [0.29, 0.717) is 32.6 Å². The molecule has 18 nitrogen and oxygen atoms in total.